The summed E-state index contributed by atoms with van der Waals surface area (Å²) >= 11 is 0. The number of benzene rings is 1. The van der Waals surface area contributed by atoms with Crippen LogP contribution in [0.1, 0.15) is 13.0 Å². The van der Waals surface area contributed by atoms with Crippen LogP contribution in [0.5, 0.6) is 0 Å². The van der Waals surface area contributed by atoms with E-state index < -0.39 is 24.8 Å². The van der Waals surface area contributed by atoms with Crippen molar-refractivity contribution in [2.45, 2.75) is 19.1 Å². The van der Waals surface area contributed by atoms with Gasteiger partial charge < -0.3 is 15.5 Å². The van der Waals surface area contributed by atoms with Gasteiger partial charge in [-0.1, -0.05) is 12.1 Å². The van der Waals surface area contributed by atoms with Crippen LogP contribution in [0.4, 0.5) is 23.7 Å². The summed E-state index contributed by atoms with van der Waals surface area (Å²) in [6.07, 6.45) is 2.10. The molecular weight excluding hydrogens is 515 g/mol. The molecule has 1 aliphatic heterocycles. The Morgan fingerprint density at radius 2 is 1.90 bits per heavy atom. The molecule has 1 aliphatic rings. The van der Waals surface area contributed by atoms with Crippen molar-refractivity contribution in [1.29, 1.82) is 5.26 Å². The lowest BCUT2D eigenvalue weighted by molar-refractivity contribution is -0.139. The van der Waals surface area contributed by atoms with E-state index in [0.29, 0.717) is 35.7 Å². The molecule has 0 aliphatic carbocycles. The lowest BCUT2D eigenvalue weighted by Crippen LogP contribution is -2.51. The highest BCUT2D eigenvalue weighted by Gasteiger charge is 2.33. The molecule has 1 atom stereocenters. The van der Waals surface area contributed by atoms with Gasteiger partial charge in [0.25, 0.3) is 0 Å². The first kappa shape index (κ1) is 25.7. The van der Waals surface area contributed by atoms with E-state index in [2.05, 4.69) is 26.6 Å². The Balaban J connectivity index is 1.30. The fourth-order valence-electron chi connectivity index (χ4n) is 4.16. The summed E-state index contributed by atoms with van der Waals surface area (Å²) in [5.74, 6) is -0.217. The van der Waals surface area contributed by atoms with Crippen LogP contribution in [0, 0.1) is 17.2 Å². The molecule has 1 saturated heterocycles. The number of rotatable bonds is 6. The maximum Gasteiger partial charge on any atom is 0.405 e. The number of fused-ring (bicyclic) bond motifs is 1. The Morgan fingerprint density at radius 3 is 2.64 bits per heavy atom. The normalized spacial score (nSPS) is 14.5. The predicted octanol–water partition coefficient (Wildman–Crippen LogP) is 3.49. The molecule has 3 amide bonds. The minimum Gasteiger partial charge on any atom is -0.338 e. The number of carbonyl (C=O) groups excluding carboxylic acids is 2. The molecule has 5 rings (SSSR count). The van der Waals surface area contributed by atoms with Gasteiger partial charge in [-0.2, -0.15) is 28.6 Å². The third kappa shape index (κ3) is 5.52. The number of hydrogen-bond donors (Lipinski definition) is 2. The van der Waals surface area contributed by atoms with E-state index in [1.165, 1.54) is 0 Å². The van der Waals surface area contributed by atoms with E-state index in [0.717, 1.165) is 11.1 Å². The van der Waals surface area contributed by atoms with Crippen molar-refractivity contribution in [3.05, 3.63) is 55.1 Å². The summed E-state index contributed by atoms with van der Waals surface area (Å²) in [6.45, 7) is 1.18. The van der Waals surface area contributed by atoms with Crippen LogP contribution in [0.15, 0.2) is 55.1 Å². The smallest absolute Gasteiger partial charge is 0.338 e. The molecule has 11 nitrogen and oxygen atoms in total. The number of halogens is 3. The Labute approximate surface area is 219 Å². The van der Waals surface area contributed by atoms with Crippen LogP contribution in [0.3, 0.4) is 0 Å². The Morgan fingerprint density at radius 1 is 1.13 bits per heavy atom. The summed E-state index contributed by atoms with van der Waals surface area (Å²) in [7, 11) is 0. The number of imidazole rings is 1. The molecular formula is C25H22F3N9O2. The third-order valence-electron chi connectivity index (χ3n) is 6.29. The highest BCUT2D eigenvalue weighted by molar-refractivity contribution is 5.90. The van der Waals surface area contributed by atoms with E-state index in [1.54, 1.807) is 75.4 Å². The highest BCUT2D eigenvalue weighted by atomic mass is 19.4. The maximum atomic E-state index is 12.7. The third-order valence-corrected chi connectivity index (χ3v) is 6.29. The molecule has 4 aromatic rings. The minimum atomic E-state index is -4.51. The van der Waals surface area contributed by atoms with E-state index in [4.69, 9.17) is 5.26 Å². The number of nitrogens with zero attached hydrogens (tertiary/aromatic N) is 7. The first-order valence-electron chi connectivity index (χ1n) is 11.9. The first-order valence-corrected chi connectivity index (χ1v) is 11.9. The molecule has 0 saturated carbocycles. The Hall–Kier alpha value is -4.93. The van der Waals surface area contributed by atoms with Gasteiger partial charge in [-0.25, -0.2) is 14.3 Å². The molecule has 200 valence electrons. The quantitative estimate of drug-likeness (QED) is 0.387. The Kier molecular flexibility index (Phi) is 6.65. The van der Waals surface area contributed by atoms with Crippen LogP contribution in [-0.2, 0) is 4.79 Å². The molecule has 1 fully saturated rings. The van der Waals surface area contributed by atoms with Gasteiger partial charge in [-0.15, -0.1) is 0 Å². The lowest BCUT2D eigenvalue weighted by Gasteiger charge is -2.36. The van der Waals surface area contributed by atoms with E-state index in [-0.39, 0.29) is 11.8 Å². The van der Waals surface area contributed by atoms with Crippen LogP contribution in [0.25, 0.3) is 28.0 Å². The average molecular weight is 538 g/mol. The monoisotopic (exact) mass is 537 g/mol. The molecule has 2 N–H and O–H groups in total. The maximum absolute atomic E-state index is 12.7. The number of nitriles is 1. The van der Waals surface area contributed by atoms with Gasteiger partial charge in [-0.3, -0.25) is 9.48 Å². The van der Waals surface area contributed by atoms with Crippen molar-refractivity contribution in [2.24, 2.45) is 5.92 Å². The number of likely N-dealkylation sites (tertiary alicyclic amines) is 1. The second-order valence-electron chi connectivity index (χ2n) is 9.12. The van der Waals surface area contributed by atoms with E-state index >= 15 is 0 Å². The second-order valence-corrected chi connectivity index (χ2v) is 9.12. The SMILES string of the molecule is CC(C(=O)N1CC(C#N)C1)n1cc(-c2cnn3c(-c4cccc(NC(=O)NCC(F)(F)F)c4)cnc3c2)cn1. The van der Waals surface area contributed by atoms with Crippen LogP contribution in [0.2, 0.25) is 0 Å². The van der Waals surface area contributed by atoms with Crippen molar-refractivity contribution in [2.75, 3.05) is 25.0 Å². The molecule has 0 bridgehead atoms. The summed E-state index contributed by atoms with van der Waals surface area (Å²) in [4.78, 5) is 30.5. The molecule has 0 spiro atoms. The Bertz CT molecular complexity index is 1580. The van der Waals surface area contributed by atoms with Gasteiger partial charge in [0, 0.05) is 41.7 Å². The lowest BCUT2D eigenvalue weighted by atomic mass is 10.0. The number of anilines is 1. The second kappa shape index (κ2) is 10.1. The van der Waals surface area contributed by atoms with E-state index in [9.17, 15) is 22.8 Å². The summed E-state index contributed by atoms with van der Waals surface area (Å²) in [6, 6.07) is 9.03. The van der Waals surface area contributed by atoms with Crippen LogP contribution in [-0.4, -0.2) is 67.0 Å². The number of amides is 3. The van der Waals surface area contributed by atoms with Gasteiger partial charge in [0.1, 0.15) is 12.6 Å². The number of carbonyl (C=O) groups is 2. The zero-order valence-electron chi connectivity index (χ0n) is 20.6. The first-order chi connectivity index (χ1) is 18.6. The molecule has 39 heavy (non-hydrogen) atoms. The number of urea groups is 1. The molecule has 4 heterocycles. The largest absolute Gasteiger partial charge is 0.405 e. The summed E-state index contributed by atoms with van der Waals surface area (Å²) in [5.41, 5.74) is 3.55. The number of alkyl halides is 3. The van der Waals surface area contributed by atoms with Crippen molar-refractivity contribution in [3.8, 4) is 28.5 Å². The van der Waals surface area contributed by atoms with E-state index in [1.807, 2.05) is 6.07 Å². The summed E-state index contributed by atoms with van der Waals surface area (Å²) < 4.78 is 40.2. The fourth-order valence-corrected chi connectivity index (χ4v) is 4.16. The molecule has 0 radical (unpaired) electrons. The number of aromatic nitrogens is 5. The van der Waals surface area contributed by atoms with Gasteiger partial charge in [0.2, 0.25) is 5.91 Å². The van der Waals surface area contributed by atoms with Crippen molar-refractivity contribution in [3.63, 3.8) is 0 Å². The molecule has 1 aromatic carbocycles. The van der Waals surface area contributed by atoms with Crippen molar-refractivity contribution < 1.29 is 22.8 Å². The summed E-state index contributed by atoms with van der Waals surface area (Å²) in [5, 5.41) is 21.9. The van der Waals surface area contributed by atoms with Gasteiger partial charge in [0.15, 0.2) is 5.65 Å². The predicted molar refractivity (Wildman–Crippen MR) is 133 cm³/mol. The van der Waals surface area contributed by atoms with Gasteiger partial charge in [0.05, 0.1) is 36.3 Å². The van der Waals surface area contributed by atoms with Crippen molar-refractivity contribution in [1.82, 2.24) is 34.6 Å². The molecule has 14 heteroatoms. The average Bonchev–Trinajstić information content (AvgIpc) is 3.53. The number of hydrogen-bond acceptors (Lipinski definition) is 6. The molecule has 3 aromatic heterocycles. The van der Waals surface area contributed by atoms with Crippen molar-refractivity contribution >= 4 is 23.3 Å². The topological polar surface area (TPSA) is 133 Å². The van der Waals surface area contributed by atoms with Crippen LogP contribution >= 0.6 is 0 Å². The molecule has 1 unspecified atom stereocenters. The zero-order chi connectivity index (χ0) is 27.7. The standard InChI is InChI=1S/C25H22F3N9O2/c1-15(23(38)35-11-16(7-29)12-35)36-13-19(9-32-36)18-6-22-30-10-21(37(22)33-8-18)17-3-2-4-20(5-17)34-24(39)31-14-25(26,27)28/h2-6,8-10,13,15-16H,11-12,14H2,1H3,(H2,31,34,39). The van der Waals surface area contributed by atoms with Gasteiger partial charge in [-0.05, 0) is 25.1 Å². The zero-order valence-corrected chi connectivity index (χ0v) is 20.6. The highest BCUT2D eigenvalue weighted by Crippen LogP contribution is 2.27. The minimum absolute atomic E-state index is 0.0998. The number of nitrogens with one attached hydrogen (secondary N) is 2. The van der Waals surface area contributed by atoms with Crippen LogP contribution < -0.4 is 10.6 Å². The fraction of sp³-hybridized carbons (Fsp3) is 0.280. The van der Waals surface area contributed by atoms with Gasteiger partial charge >= 0.3 is 12.2 Å².